The summed E-state index contributed by atoms with van der Waals surface area (Å²) in [4.78, 5) is 29.4. The molecule has 1 saturated carbocycles. The van der Waals surface area contributed by atoms with Gasteiger partial charge in [0.2, 0.25) is 11.8 Å². The van der Waals surface area contributed by atoms with Gasteiger partial charge in [0.25, 0.3) is 0 Å². The molecule has 1 aliphatic carbocycles. The molecule has 1 fully saturated rings. The van der Waals surface area contributed by atoms with Crippen molar-refractivity contribution in [2.24, 2.45) is 0 Å². The lowest BCUT2D eigenvalue weighted by atomic mass is 9.94. The van der Waals surface area contributed by atoms with Gasteiger partial charge in [-0.2, -0.15) is 11.8 Å². The van der Waals surface area contributed by atoms with Crippen molar-refractivity contribution >= 4 is 39.5 Å². The summed E-state index contributed by atoms with van der Waals surface area (Å²) < 4.78 is 0.993. The number of amides is 2. The highest BCUT2D eigenvalue weighted by Crippen LogP contribution is 2.22. The molecule has 2 amide bonds. The quantitative estimate of drug-likeness (QED) is 0.227. The Morgan fingerprint density at radius 3 is 2.13 bits per heavy atom. The number of carbonyl (C=O) groups is 2. The van der Waals surface area contributed by atoms with Crippen molar-refractivity contribution in [3.63, 3.8) is 0 Å². The monoisotopic (exact) mass is 592 g/mol. The summed E-state index contributed by atoms with van der Waals surface area (Å²) >= 11 is 5.26. The average molecular weight is 594 g/mol. The number of hydrogen-bond donors (Lipinski definition) is 1. The molecule has 0 aliphatic heterocycles. The van der Waals surface area contributed by atoms with Crippen LogP contribution in [0, 0.1) is 0 Å². The number of nitrogens with zero attached hydrogens (tertiary/aromatic N) is 1. The highest BCUT2D eigenvalue weighted by atomic mass is 79.9. The van der Waals surface area contributed by atoms with Crippen LogP contribution in [0.3, 0.4) is 0 Å². The van der Waals surface area contributed by atoms with Crippen LogP contribution in [0.1, 0.15) is 55.2 Å². The zero-order chi connectivity index (χ0) is 26.6. The largest absolute Gasteiger partial charge is 0.352 e. The first-order chi connectivity index (χ1) is 18.6. The summed E-state index contributed by atoms with van der Waals surface area (Å²) in [6, 6.07) is 28.0. The Morgan fingerprint density at radius 1 is 0.842 bits per heavy atom. The number of carbonyl (C=O) groups excluding carboxylic acids is 2. The molecule has 0 saturated heterocycles. The molecule has 1 N–H and O–H groups in total. The molecule has 0 radical (unpaired) electrons. The van der Waals surface area contributed by atoms with Crippen molar-refractivity contribution in [1.82, 2.24) is 10.2 Å². The fraction of sp³-hybridized carbons (Fsp3) is 0.375. The molecule has 4 nitrogen and oxygen atoms in total. The Kier molecular flexibility index (Phi) is 11.3. The first-order valence-electron chi connectivity index (χ1n) is 13.6. The zero-order valence-electron chi connectivity index (χ0n) is 21.9. The minimum atomic E-state index is -0.561. The fourth-order valence-electron chi connectivity index (χ4n) is 4.95. The van der Waals surface area contributed by atoms with Gasteiger partial charge in [0.05, 0.1) is 0 Å². The van der Waals surface area contributed by atoms with Gasteiger partial charge in [0.15, 0.2) is 0 Å². The van der Waals surface area contributed by atoms with E-state index in [1.165, 1.54) is 12.0 Å². The van der Waals surface area contributed by atoms with Gasteiger partial charge in [-0.25, -0.2) is 0 Å². The summed E-state index contributed by atoms with van der Waals surface area (Å²) in [6.45, 7) is 0.408. The van der Waals surface area contributed by atoms with E-state index in [1.54, 1.807) is 11.8 Å². The van der Waals surface area contributed by atoms with Crippen LogP contribution in [0.5, 0.6) is 0 Å². The highest BCUT2D eigenvalue weighted by molar-refractivity contribution is 9.10. The fourth-order valence-corrected chi connectivity index (χ4v) is 6.11. The highest BCUT2D eigenvalue weighted by Gasteiger charge is 2.31. The molecule has 0 spiro atoms. The number of thioether (sulfide) groups is 1. The summed E-state index contributed by atoms with van der Waals surface area (Å²) in [5.74, 6) is 1.57. The van der Waals surface area contributed by atoms with Crippen molar-refractivity contribution in [2.45, 2.75) is 69.3 Å². The van der Waals surface area contributed by atoms with Crippen molar-refractivity contribution in [2.75, 3.05) is 5.75 Å². The van der Waals surface area contributed by atoms with E-state index in [0.717, 1.165) is 47.0 Å². The molecular formula is C32H37BrN2O2S. The van der Waals surface area contributed by atoms with E-state index in [0.29, 0.717) is 25.1 Å². The molecule has 3 aromatic carbocycles. The topological polar surface area (TPSA) is 49.4 Å². The minimum Gasteiger partial charge on any atom is -0.352 e. The Balaban J connectivity index is 1.52. The van der Waals surface area contributed by atoms with Crippen molar-refractivity contribution in [3.8, 4) is 0 Å². The zero-order valence-corrected chi connectivity index (χ0v) is 24.3. The van der Waals surface area contributed by atoms with E-state index in [-0.39, 0.29) is 17.9 Å². The Labute approximate surface area is 239 Å². The van der Waals surface area contributed by atoms with Gasteiger partial charge in [0, 0.05) is 41.4 Å². The van der Waals surface area contributed by atoms with Crippen LogP contribution in [0.25, 0.3) is 0 Å². The number of rotatable bonds is 12. The van der Waals surface area contributed by atoms with Crippen molar-refractivity contribution < 1.29 is 9.59 Å². The van der Waals surface area contributed by atoms with Crippen LogP contribution in [-0.4, -0.2) is 34.6 Å². The molecule has 200 valence electrons. The van der Waals surface area contributed by atoms with Crippen LogP contribution in [0.15, 0.2) is 89.4 Å². The first kappa shape index (κ1) is 28.4. The molecule has 38 heavy (non-hydrogen) atoms. The molecule has 4 rings (SSSR count). The normalized spacial score (nSPS) is 14.6. The van der Waals surface area contributed by atoms with E-state index in [9.17, 15) is 9.59 Å². The van der Waals surface area contributed by atoms with Gasteiger partial charge >= 0.3 is 0 Å². The molecule has 0 bridgehead atoms. The summed E-state index contributed by atoms with van der Waals surface area (Å²) in [6.07, 6.45) is 6.45. The lowest BCUT2D eigenvalue weighted by Crippen LogP contribution is -2.52. The SMILES string of the molecule is O=C(NC1CCCCC1)[C@@H](Cc1ccccc1)N(Cc1ccc(Br)cc1)C(=O)CCSCc1ccccc1. The van der Waals surface area contributed by atoms with E-state index in [4.69, 9.17) is 0 Å². The number of halogens is 1. The molecule has 1 aliphatic rings. The average Bonchev–Trinajstić information content (AvgIpc) is 2.95. The Bertz CT molecular complexity index is 1140. The second-order valence-corrected chi connectivity index (χ2v) is 12.0. The molecule has 1 atom stereocenters. The molecule has 0 aromatic heterocycles. The van der Waals surface area contributed by atoms with Gasteiger partial charge in [-0.15, -0.1) is 0 Å². The Morgan fingerprint density at radius 2 is 1.47 bits per heavy atom. The molecule has 6 heteroatoms. The van der Waals surface area contributed by atoms with E-state index < -0.39 is 6.04 Å². The first-order valence-corrected chi connectivity index (χ1v) is 15.5. The van der Waals surface area contributed by atoms with Crippen LogP contribution >= 0.6 is 27.7 Å². The summed E-state index contributed by atoms with van der Waals surface area (Å²) in [5.41, 5.74) is 3.33. The second kappa shape index (κ2) is 15.1. The van der Waals surface area contributed by atoms with Gasteiger partial charge in [0.1, 0.15) is 6.04 Å². The van der Waals surface area contributed by atoms with Gasteiger partial charge < -0.3 is 10.2 Å². The van der Waals surface area contributed by atoms with Crippen LogP contribution in [0.2, 0.25) is 0 Å². The van der Waals surface area contributed by atoms with Crippen molar-refractivity contribution in [1.29, 1.82) is 0 Å². The van der Waals surface area contributed by atoms with Crippen LogP contribution in [0.4, 0.5) is 0 Å². The minimum absolute atomic E-state index is 0.0215. The lowest BCUT2D eigenvalue weighted by molar-refractivity contribution is -0.141. The summed E-state index contributed by atoms with van der Waals surface area (Å²) in [5, 5.41) is 3.31. The van der Waals surface area contributed by atoms with Gasteiger partial charge in [-0.1, -0.05) is 108 Å². The van der Waals surface area contributed by atoms with E-state index in [1.807, 2.05) is 77.7 Å². The van der Waals surface area contributed by atoms with Gasteiger partial charge in [-0.05, 0) is 41.7 Å². The predicted octanol–water partition coefficient (Wildman–Crippen LogP) is 7.16. The predicted molar refractivity (Wildman–Crippen MR) is 161 cm³/mol. The maximum atomic E-state index is 13.8. The standard InChI is InChI=1S/C32H37BrN2O2S/c33-28-18-16-26(17-19-28)23-35(31(36)20-21-38-24-27-12-6-2-7-13-27)30(22-25-10-4-1-5-11-25)32(37)34-29-14-8-3-9-15-29/h1-2,4-7,10-13,16-19,29-30H,3,8-9,14-15,20-24H2,(H,34,37)/t30-/m1/s1. The molecule has 0 heterocycles. The van der Waals surface area contributed by atoms with Crippen LogP contribution in [-0.2, 0) is 28.3 Å². The van der Waals surface area contributed by atoms with E-state index >= 15 is 0 Å². The third-order valence-corrected chi connectivity index (χ3v) is 8.62. The number of hydrogen-bond acceptors (Lipinski definition) is 3. The molecular weight excluding hydrogens is 556 g/mol. The van der Waals surface area contributed by atoms with Crippen LogP contribution < -0.4 is 5.32 Å². The third kappa shape index (κ3) is 9.02. The summed E-state index contributed by atoms with van der Waals surface area (Å²) in [7, 11) is 0. The van der Waals surface area contributed by atoms with Crippen molar-refractivity contribution in [3.05, 3.63) is 106 Å². The third-order valence-electron chi connectivity index (χ3n) is 7.06. The number of nitrogens with one attached hydrogen (secondary N) is 1. The number of benzene rings is 3. The smallest absolute Gasteiger partial charge is 0.243 e. The Hall–Kier alpha value is -2.57. The van der Waals surface area contributed by atoms with Gasteiger partial charge in [-0.3, -0.25) is 9.59 Å². The maximum absolute atomic E-state index is 13.8. The molecule has 0 unspecified atom stereocenters. The molecule has 3 aromatic rings. The van der Waals surface area contributed by atoms with E-state index in [2.05, 4.69) is 33.4 Å². The lowest BCUT2D eigenvalue weighted by Gasteiger charge is -2.33. The maximum Gasteiger partial charge on any atom is 0.243 e. The second-order valence-electron chi connectivity index (χ2n) is 9.99.